The summed E-state index contributed by atoms with van der Waals surface area (Å²) in [5.41, 5.74) is 0. The van der Waals surface area contributed by atoms with Crippen molar-refractivity contribution >= 4 is 19.3 Å². The lowest BCUT2D eigenvalue weighted by Crippen LogP contribution is -2.46. The molecule has 0 aliphatic heterocycles. The maximum Gasteiger partial charge on any atom is 0.218 e. The first-order valence-electron chi connectivity index (χ1n) is 5.52. The van der Waals surface area contributed by atoms with E-state index in [-0.39, 0.29) is 11.9 Å². The first-order valence-corrected chi connectivity index (χ1v) is 8.43. The standard InChI is InChI=1S/C13H16O2Si/c1-16(2,13-6-4-3-5-7-13)15-12-9-8-11(14)10-12/h3-9,12H,10H2,1-2H3/t12-/m0/s1. The van der Waals surface area contributed by atoms with Crippen LogP contribution in [0.15, 0.2) is 42.5 Å². The maximum atomic E-state index is 11.1. The second-order valence-corrected chi connectivity index (χ2v) is 8.40. The molecule has 2 nitrogen and oxygen atoms in total. The van der Waals surface area contributed by atoms with E-state index >= 15 is 0 Å². The van der Waals surface area contributed by atoms with Gasteiger partial charge in [-0.1, -0.05) is 36.4 Å². The SMILES string of the molecule is C[Si](C)(O[C@H]1C=CC(=O)C1)c1ccccc1. The molecule has 0 saturated heterocycles. The van der Waals surface area contributed by atoms with Crippen LogP contribution in [0.25, 0.3) is 0 Å². The van der Waals surface area contributed by atoms with Crippen LogP contribution in [0.4, 0.5) is 0 Å². The van der Waals surface area contributed by atoms with Crippen LogP contribution in [0.2, 0.25) is 13.1 Å². The van der Waals surface area contributed by atoms with E-state index in [9.17, 15) is 4.79 Å². The molecule has 1 aliphatic rings. The monoisotopic (exact) mass is 232 g/mol. The van der Waals surface area contributed by atoms with E-state index in [2.05, 4.69) is 25.2 Å². The van der Waals surface area contributed by atoms with Crippen molar-refractivity contribution in [3.8, 4) is 0 Å². The fraction of sp³-hybridized carbons (Fsp3) is 0.308. The predicted octanol–water partition coefficient (Wildman–Crippen LogP) is 2.01. The molecule has 1 aromatic carbocycles. The van der Waals surface area contributed by atoms with Gasteiger partial charge in [0.25, 0.3) is 0 Å². The van der Waals surface area contributed by atoms with Gasteiger partial charge in [-0.15, -0.1) is 0 Å². The number of carbonyl (C=O) groups excluding carboxylic acids is 1. The molecule has 2 rings (SSSR count). The van der Waals surface area contributed by atoms with Crippen LogP contribution in [0.5, 0.6) is 0 Å². The van der Waals surface area contributed by atoms with Crippen molar-refractivity contribution in [2.24, 2.45) is 0 Å². The smallest absolute Gasteiger partial charge is 0.218 e. The van der Waals surface area contributed by atoms with Gasteiger partial charge in [0.05, 0.1) is 6.10 Å². The van der Waals surface area contributed by atoms with Gasteiger partial charge in [-0.2, -0.15) is 0 Å². The van der Waals surface area contributed by atoms with E-state index in [0.29, 0.717) is 6.42 Å². The van der Waals surface area contributed by atoms with E-state index in [0.717, 1.165) is 0 Å². The van der Waals surface area contributed by atoms with Crippen molar-refractivity contribution in [2.75, 3.05) is 0 Å². The zero-order chi connectivity index (χ0) is 11.6. The Morgan fingerprint density at radius 2 is 1.94 bits per heavy atom. The third-order valence-corrected chi connectivity index (χ3v) is 5.43. The third kappa shape index (κ3) is 2.48. The lowest BCUT2D eigenvalue weighted by atomic mass is 10.3. The summed E-state index contributed by atoms with van der Waals surface area (Å²) in [5.74, 6) is 0.169. The number of hydrogen-bond acceptors (Lipinski definition) is 2. The summed E-state index contributed by atoms with van der Waals surface area (Å²) in [6.07, 6.45) is 3.98. The molecular weight excluding hydrogens is 216 g/mol. The number of hydrogen-bond donors (Lipinski definition) is 0. The van der Waals surface area contributed by atoms with Crippen LogP contribution in [0, 0.1) is 0 Å². The minimum Gasteiger partial charge on any atom is -0.406 e. The van der Waals surface area contributed by atoms with E-state index < -0.39 is 8.32 Å². The van der Waals surface area contributed by atoms with Gasteiger partial charge < -0.3 is 4.43 Å². The first-order chi connectivity index (χ1) is 7.58. The van der Waals surface area contributed by atoms with Gasteiger partial charge in [0.1, 0.15) is 0 Å². The van der Waals surface area contributed by atoms with Gasteiger partial charge in [-0.05, 0) is 24.4 Å². The first kappa shape index (κ1) is 11.3. The Labute approximate surface area is 97.1 Å². The Bertz CT molecular complexity index is 409. The Hall–Kier alpha value is -1.19. The molecule has 3 heteroatoms. The molecule has 1 aromatic rings. The van der Waals surface area contributed by atoms with Crippen LogP contribution in [-0.2, 0) is 9.22 Å². The average molecular weight is 232 g/mol. The van der Waals surface area contributed by atoms with Crippen molar-refractivity contribution in [2.45, 2.75) is 25.6 Å². The van der Waals surface area contributed by atoms with Crippen molar-refractivity contribution in [1.29, 1.82) is 0 Å². The van der Waals surface area contributed by atoms with Crippen molar-refractivity contribution < 1.29 is 9.22 Å². The van der Waals surface area contributed by atoms with Gasteiger partial charge in [-0.3, -0.25) is 4.79 Å². The molecule has 0 spiro atoms. The Kier molecular flexibility index (Phi) is 3.07. The molecule has 0 radical (unpaired) electrons. The normalized spacial score (nSPS) is 20.4. The molecule has 16 heavy (non-hydrogen) atoms. The molecule has 84 valence electrons. The predicted molar refractivity (Wildman–Crippen MR) is 67.2 cm³/mol. The Morgan fingerprint density at radius 1 is 1.25 bits per heavy atom. The van der Waals surface area contributed by atoms with Gasteiger partial charge in [-0.25, -0.2) is 0 Å². The molecule has 0 unspecified atom stereocenters. The van der Waals surface area contributed by atoms with Gasteiger partial charge in [0, 0.05) is 6.42 Å². The highest BCUT2D eigenvalue weighted by Crippen LogP contribution is 2.16. The molecule has 0 fully saturated rings. The highest BCUT2D eigenvalue weighted by Gasteiger charge is 2.30. The lowest BCUT2D eigenvalue weighted by molar-refractivity contribution is -0.114. The molecule has 1 aliphatic carbocycles. The third-order valence-electron chi connectivity index (χ3n) is 2.81. The minimum atomic E-state index is -1.88. The highest BCUT2D eigenvalue weighted by molar-refractivity contribution is 6.84. The fourth-order valence-corrected chi connectivity index (χ4v) is 3.97. The molecule has 1 atom stereocenters. The second kappa shape index (κ2) is 4.35. The highest BCUT2D eigenvalue weighted by atomic mass is 28.4. The number of carbonyl (C=O) groups is 1. The lowest BCUT2D eigenvalue weighted by Gasteiger charge is -2.26. The molecule has 0 bridgehead atoms. The number of allylic oxidation sites excluding steroid dienone is 1. The zero-order valence-corrected chi connectivity index (χ0v) is 10.6. The molecular formula is C13H16O2Si. The summed E-state index contributed by atoms with van der Waals surface area (Å²) < 4.78 is 6.09. The Balaban J connectivity index is 2.09. The van der Waals surface area contributed by atoms with Crippen LogP contribution in [0.1, 0.15) is 6.42 Å². The van der Waals surface area contributed by atoms with Crippen LogP contribution < -0.4 is 5.19 Å². The van der Waals surface area contributed by atoms with E-state index in [1.807, 2.05) is 24.3 Å². The van der Waals surface area contributed by atoms with Crippen LogP contribution in [-0.4, -0.2) is 20.2 Å². The van der Waals surface area contributed by atoms with Gasteiger partial charge in [0.15, 0.2) is 5.78 Å². The summed E-state index contributed by atoms with van der Waals surface area (Å²) in [7, 11) is -1.88. The van der Waals surface area contributed by atoms with Crippen molar-refractivity contribution in [3.05, 3.63) is 42.5 Å². The van der Waals surface area contributed by atoms with E-state index in [1.54, 1.807) is 6.08 Å². The number of ketones is 1. The van der Waals surface area contributed by atoms with Gasteiger partial charge >= 0.3 is 0 Å². The van der Waals surface area contributed by atoms with Crippen molar-refractivity contribution in [3.63, 3.8) is 0 Å². The average Bonchev–Trinajstić information content (AvgIpc) is 2.64. The quantitative estimate of drug-likeness (QED) is 0.745. The second-order valence-electron chi connectivity index (χ2n) is 4.56. The van der Waals surface area contributed by atoms with Crippen molar-refractivity contribution in [1.82, 2.24) is 0 Å². The van der Waals surface area contributed by atoms with E-state index in [1.165, 1.54) is 5.19 Å². The zero-order valence-electron chi connectivity index (χ0n) is 9.64. The summed E-state index contributed by atoms with van der Waals surface area (Å²) in [6.45, 7) is 4.33. The molecule has 0 heterocycles. The maximum absolute atomic E-state index is 11.1. The molecule has 0 amide bonds. The number of benzene rings is 1. The molecule has 0 saturated carbocycles. The summed E-state index contributed by atoms with van der Waals surface area (Å²) in [4.78, 5) is 11.1. The molecule has 0 aromatic heterocycles. The van der Waals surface area contributed by atoms with Crippen LogP contribution in [0.3, 0.4) is 0 Å². The number of rotatable bonds is 3. The largest absolute Gasteiger partial charge is 0.406 e. The summed E-state index contributed by atoms with van der Waals surface area (Å²) >= 11 is 0. The van der Waals surface area contributed by atoms with E-state index in [4.69, 9.17) is 4.43 Å². The minimum absolute atomic E-state index is 0.0191. The molecule has 0 N–H and O–H groups in total. The summed E-state index contributed by atoms with van der Waals surface area (Å²) in [5, 5.41) is 1.27. The fourth-order valence-electron chi connectivity index (χ4n) is 1.92. The van der Waals surface area contributed by atoms with Crippen LogP contribution >= 0.6 is 0 Å². The topological polar surface area (TPSA) is 26.3 Å². The Morgan fingerprint density at radius 3 is 2.50 bits per heavy atom. The van der Waals surface area contributed by atoms with Gasteiger partial charge in [0.2, 0.25) is 8.32 Å². The summed E-state index contributed by atoms with van der Waals surface area (Å²) in [6, 6.07) is 10.3.